The topological polar surface area (TPSA) is 29.1 Å². The molecule has 0 saturated heterocycles. The zero-order valence-electron chi connectivity index (χ0n) is 10.9. The lowest BCUT2D eigenvalue weighted by atomic mass is 9.96. The molecule has 2 nitrogen and oxygen atoms in total. The van der Waals surface area contributed by atoms with Gasteiger partial charge in [-0.15, -0.1) is 0 Å². The Balaban J connectivity index is 1.99. The molecule has 0 atom stereocenters. The second-order valence-electron chi connectivity index (χ2n) is 5.14. The van der Waals surface area contributed by atoms with Gasteiger partial charge in [0.05, 0.1) is 5.56 Å². The first-order valence-corrected chi connectivity index (χ1v) is 8.51. The summed E-state index contributed by atoms with van der Waals surface area (Å²) in [5, 5.41) is 3.18. The van der Waals surface area contributed by atoms with E-state index in [2.05, 4.69) is 37.2 Å². The number of benzene rings is 1. The fraction of sp³-hybridized carbons (Fsp3) is 0.533. The van der Waals surface area contributed by atoms with Crippen LogP contribution in [-0.2, 0) is 0 Å². The van der Waals surface area contributed by atoms with Crippen LogP contribution in [0, 0.1) is 0 Å². The summed E-state index contributed by atoms with van der Waals surface area (Å²) < 4.78 is 1.81. The molecule has 0 unspecified atom stereocenters. The third-order valence-corrected chi connectivity index (χ3v) is 4.77. The monoisotopic (exact) mass is 387 g/mol. The molecule has 0 spiro atoms. The number of carbonyl (C=O) groups excluding carboxylic acids is 1. The van der Waals surface area contributed by atoms with Crippen molar-refractivity contribution in [2.75, 3.05) is 0 Å². The zero-order chi connectivity index (χ0) is 13.7. The number of nitrogens with one attached hydrogen (secondary N) is 1. The molecule has 1 aliphatic carbocycles. The Labute approximate surface area is 131 Å². The Morgan fingerprint density at radius 3 is 2.32 bits per heavy atom. The lowest BCUT2D eigenvalue weighted by Crippen LogP contribution is -2.35. The summed E-state index contributed by atoms with van der Waals surface area (Å²) in [7, 11) is 0. The second kappa shape index (κ2) is 7.44. The smallest absolute Gasteiger partial charge is 0.252 e. The van der Waals surface area contributed by atoms with Crippen LogP contribution in [0.15, 0.2) is 27.1 Å². The average Bonchev–Trinajstić information content (AvgIpc) is 2.32. The molecule has 1 saturated carbocycles. The molecular formula is C15H19Br2NO. The molecule has 1 fully saturated rings. The first kappa shape index (κ1) is 15.0. The summed E-state index contributed by atoms with van der Waals surface area (Å²) in [4.78, 5) is 12.3. The summed E-state index contributed by atoms with van der Waals surface area (Å²) in [5.74, 6) is 0.0324. The Morgan fingerprint density at radius 1 is 1.05 bits per heavy atom. The molecule has 1 N–H and O–H groups in total. The van der Waals surface area contributed by atoms with Gasteiger partial charge in [-0.05, 0) is 47.0 Å². The first-order chi connectivity index (χ1) is 9.16. The van der Waals surface area contributed by atoms with E-state index in [9.17, 15) is 4.79 Å². The molecule has 1 amide bonds. The van der Waals surface area contributed by atoms with E-state index >= 15 is 0 Å². The van der Waals surface area contributed by atoms with Crippen LogP contribution in [0.2, 0.25) is 0 Å². The summed E-state index contributed by atoms with van der Waals surface area (Å²) >= 11 is 6.85. The Morgan fingerprint density at radius 2 is 1.68 bits per heavy atom. The largest absolute Gasteiger partial charge is 0.349 e. The molecule has 2 rings (SSSR count). The van der Waals surface area contributed by atoms with E-state index < -0.39 is 0 Å². The maximum absolute atomic E-state index is 12.3. The summed E-state index contributed by atoms with van der Waals surface area (Å²) in [5.41, 5.74) is 0.713. The highest BCUT2D eigenvalue weighted by atomic mass is 79.9. The highest BCUT2D eigenvalue weighted by Crippen LogP contribution is 2.23. The van der Waals surface area contributed by atoms with Crippen molar-refractivity contribution in [1.29, 1.82) is 0 Å². The quantitative estimate of drug-likeness (QED) is 0.754. The third-order valence-electron chi connectivity index (χ3n) is 3.62. The van der Waals surface area contributed by atoms with Gasteiger partial charge in [0.2, 0.25) is 0 Å². The highest BCUT2D eigenvalue weighted by molar-refractivity contribution is 9.11. The van der Waals surface area contributed by atoms with Gasteiger partial charge in [0.1, 0.15) is 0 Å². The maximum Gasteiger partial charge on any atom is 0.252 e. The zero-order valence-corrected chi connectivity index (χ0v) is 14.1. The van der Waals surface area contributed by atoms with Crippen molar-refractivity contribution >= 4 is 37.8 Å². The molecule has 1 aliphatic rings. The molecule has 0 aliphatic heterocycles. The van der Waals surface area contributed by atoms with E-state index in [1.165, 1.54) is 32.1 Å². The number of hydrogen-bond acceptors (Lipinski definition) is 1. The summed E-state index contributed by atoms with van der Waals surface area (Å²) in [6, 6.07) is 6.00. The van der Waals surface area contributed by atoms with Crippen LogP contribution in [0.4, 0.5) is 0 Å². The molecule has 0 bridgehead atoms. The highest BCUT2D eigenvalue weighted by Gasteiger charge is 2.16. The van der Waals surface area contributed by atoms with Crippen molar-refractivity contribution in [3.63, 3.8) is 0 Å². The van der Waals surface area contributed by atoms with Crippen molar-refractivity contribution in [2.45, 2.75) is 51.0 Å². The van der Waals surface area contributed by atoms with Crippen LogP contribution in [0.25, 0.3) is 0 Å². The van der Waals surface area contributed by atoms with E-state index in [-0.39, 0.29) is 5.91 Å². The number of rotatable bonds is 2. The Kier molecular flexibility index (Phi) is 5.89. The van der Waals surface area contributed by atoms with E-state index in [1.807, 2.05) is 18.2 Å². The van der Waals surface area contributed by atoms with E-state index in [0.717, 1.165) is 21.8 Å². The van der Waals surface area contributed by atoms with Gasteiger partial charge >= 0.3 is 0 Å². The standard InChI is InChI=1S/C15H19Br2NO/c16-11-8-9-13(14(17)10-11)15(19)18-12-6-4-2-1-3-5-7-12/h8-10,12H,1-7H2,(H,18,19). The number of carbonyl (C=O) groups is 1. The van der Waals surface area contributed by atoms with Gasteiger partial charge in [0, 0.05) is 15.0 Å². The normalized spacial score (nSPS) is 17.6. The Bertz CT molecular complexity index is 440. The van der Waals surface area contributed by atoms with Crippen molar-refractivity contribution in [2.24, 2.45) is 0 Å². The van der Waals surface area contributed by atoms with Gasteiger partial charge < -0.3 is 5.32 Å². The van der Waals surface area contributed by atoms with E-state index in [1.54, 1.807) is 0 Å². The minimum absolute atomic E-state index is 0.0324. The van der Waals surface area contributed by atoms with Gasteiger partial charge in [-0.3, -0.25) is 4.79 Å². The third kappa shape index (κ3) is 4.60. The summed E-state index contributed by atoms with van der Waals surface area (Å²) in [6.45, 7) is 0. The van der Waals surface area contributed by atoms with Crippen molar-refractivity contribution in [3.05, 3.63) is 32.7 Å². The van der Waals surface area contributed by atoms with Crippen LogP contribution in [0.3, 0.4) is 0 Å². The van der Waals surface area contributed by atoms with Gasteiger partial charge in [-0.25, -0.2) is 0 Å². The molecule has 4 heteroatoms. The molecule has 104 valence electrons. The molecule has 1 aromatic carbocycles. The SMILES string of the molecule is O=C(NC1CCCCCCC1)c1ccc(Br)cc1Br. The molecular weight excluding hydrogens is 370 g/mol. The lowest BCUT2D eigenvalue weighted by molar-refractivity contribution is 0.0929. The van der Waals surface area contributed by atoms with E-state index in [0.29, 0.717) is 11.6 Å². The molecule has 0 heterocycles. The van der Waals surface area contributed by atoms with Crippen molar-refractivity contribution in [1.82, 2.24) is 5.32 Å². The fourth-order valence-corrected chi connectivity index (χ4v) is 3.76. The van der Waals surface area contributed by atoms with Crippen molar-refractivity contribution < 1.29 is 4.79 Å². The predicted octanol–water partition coefficient (Wildman–Crippen LogP) is 5.05. The molecule has 19 heavy (non-hydrogen) atoms. The van der Waals surface area contributed by atoms with Gasteiger partial charge in [-0.1, -0.05) is 48.0 Å². The van der Waals surface area contributed by atoms with Crippen LogP contribution < -0.4 is 5.32 Å². The number of amides is 1. The minimum Gasteiger partial charge on any atom is -0.349 e. The van der Waals surface area contributed by atoms with E-state index in [4.69, 9.17) is 0 Å². The minimum atomic E-state index is 0.0324. The lowest BCUT2D eigenvalue weighted by Gasteiger charge is -2.21. The predicted molar refractivity (Wildman–Crippen MR) is 85.4 cm³/mol. The number of halogens is 2. The number of hydrogen-bond donors (Lipinski definition) is 1. The van der Waals surface area contributed by atoms with Crippen LogP contribution >= 0.6 is 31.9 Å². The van der Waals surface area contributed by atoms with Crippen molar-refractivity contribution in [3.8, 4) is 0 Å². The Hall–Kier alpha value is -0.350. The average molecular weight is 389 g/mol. The van der Waals surface area contributed by atoms with Crippen LogP contribution in [0.1, 0.15) is 55.3 Å². The summed E-state index contributed by atoms with van der Waals surface area (Å²) in [6.07, 6.45) is 8.63. The van der Waals surface area contributed by atoms with Crippen LogP contribution in [-0.4, -0.2) is 11.9 Å². The molecule has 1 aromatic rings. The van der Waals surface area contributed by atoms with Gasteiger partial charge in [0.25, 0.3) is 5.91 Å². The van der Waals surface area contributed by atoms with Gasteiger partial charge in [0.15, 0.2) is 0 Å². The maximum atomic E-state index is 12.3. The fourth-order valence-electron chi connectivity index (χ4n) is 2.54. The van der Waals surface area contributed by atoms with Gasteiger partial charge in [-0.2, -0.15) is 0 Å². The molecule has 0 radical (unpaired) electrons. The first-order valence-electron chi connectivity index (χ1n) is 6.93. The second-order valence-corrected chi connectivity index (χ2v) is 6.91. The van der Waals surface area contributed by atoms with Crippen LogP contribution in [0.5, 0.6) is 0 Å². The molecule has 0 aromatic heterocycles.